The molecule has 0 radical (unpaired) electrons. The lowest BCUT2D eigenvalue weighted by Gasteiger charge is -2.32. The number of methoxy groups -OCH3 is 1. The van der Waals surface area contributed by atoms with Crippen molar-refractivity contribution in [2.45, 2.75) is 38.9 Å². The molecule has 0 bridgehead atoms. The molecule has 1 aliphatic rings. The van der Waals surface area contributed by atoms with Gasteiger partial charge < -0.3 is 14.0 Å². The number of carbonyl (C=O) groups excluding carboxylic acids is 1. The molecule has 1 heterocycles. The van der Waals surface area contributed by atoms with Gasteiger partial charge in [-0.25, -0.2) is 4.79 Å². The summed E-state index contributed by atoms with van der Waals surface area (Å²) < 4.78 is 16.4. The van der Waals surface area contributed by atoms with Crippen LogP contribution in [-0.4, -0.2) is 31.4 Å². The van der Waals surface area contributed by atoms with Crippen molar-refractivity contribution in [1.29, 1.82) is 0 Å². The van der Waals surface area contributed by atoms with E-state index in [1.807, 2.05) is 51.9 Å². The van der Waals surface area contributed by atoms with Crippen LogP contribution in [0.25, 0.3) is 6.08 Å². The van der Waals surface area contributed by atoms with Gasteiger partial charge in [0.25, 0.3) is 0 Å². The zero-order valence-corrected chi connectivity index (χ0v) is 13.2. The SMILES string of the molecule is COC(=O)c1ccc(/C=C\B2OC(C)(C)C(C)(C)O2)cc1. The number of hydrogen-bond donors (Lipinski definition) is 0. The van der Waals surface area contributed by atoms with Crippen LogP contribution in [0.2, 0.25) is 0 Å². The molecule has 1 fully saturated rings. The summed E-state index contributed by atoms with van der Waals surface area (Å²) >= 11 is 0. The van der Waals surface area contributed by atoms with Crippen molar-refractivity contribution in [1.82, 2.24) is 0 Å². The Balaban J connectivity index is 2.04. The molecule has 1 saturated heterocycles. The van der Waals surface area contributed by atoms with Crippen molar-refractivity contribution >= 4 is 19.2 Å². The summed E-state index contributed by atoms with van der Waals surface area (Å²) in [5.41, 5.74) is 0.829. The first kappa shape index (κ1) is 15.8. The Kier molecular flexibility index (Phi) is 4.26. The van der Waals surface area contributed by atoms with Gasteiger partial charge in [-0.1, -0.05) is 24.2 Å². The summed E-state index contributed by atoms with van der Waals surface area (Å²) in [5.74, 6) is 1.54. The van der Waals surface area contributed by atoms with E-state index >= 15 is 0 Å². The molecule has 1 aromatic carbocycles. The number of rotatable bonds is 3. The predicted octanol–water partition coefficient (Wildman–Crippen LogP) is 3.12. The van der Waals surface area contributed by atoms with E-state index in [0.717, 1.165) is 5.56 Å². The number of benzene rings is 1. The van der Waals surface area contributed by atoms with Gasteiger partial charge >= 0.3 is 13.1 Å². The van der Waals surface area contributed by atoms with E-state index < -0.39 is 0 Å². The highest BCUT2D eigenvalue weighted by molar-refractivity contribution is 6.52. The third-order valence-corrected chi connectivity index (χ3v) is 4.05. The fourth-order valence-corrected chi connectivity index (χ4v) is 2.01. The lowest BCUT2D eigenvalue weighted by Crippen LogP contribution is -2.41. The second kappa shape index (κ2) is 5.66. The average molecular weight is 288 g/mol. The van der Waals surface area contributed by atoms with Gasteiger partial charge in [-0.05, 0) is 45.4 Å². The number of esters is 1. The van der Waals surface area contributed by atoms with E-state index in [2.05, 4.69) is 4.74 Å². The van der Waals surface area contributed by atoms with Crippen molar-refractivity contribution in [3.05, 3.63) is 41.4 Å². The maximum Gasteiger partial charge on any atom is 0.487 e. The molecular formula is C16H21BO4. The van der Waals surface area contributed by atoms with Gasteiger partial charge in [0.1, 0.15) is 0 Å². The summed E-state index contributed by atoms with van der Waals surface area (Å²) in [5, 5.41) is 0. The molecule has 4 nitrogen and oxygen atoms in total. The summed E-state index contributed by atoms with van der Waals surface area (Å²) in [6.07, 6.45) is 1.92. The molecule has 112 valence electrons. The first-order chi connectivity index (χ1) is 9.75. The summed E-state index contributed by atoms with van der Waals surface area (Å²) in [6.45, 7) is 8.08. The molecule has 2 rings (SSSR count). The van der Waals surface area contributed by atoms with Gasteiger partial charge in [0.05, 0.1) is 23.9 Å². The van der Waals surface area contributed by atoms with Gasteiger partial charge in [0.15, 0.2) is 0 Å². The van der Waals surface area contributed by atoms with Crippen LogP contribution in [0.3, 0.4) is 0 Å². The highest BCUT2D eigenvalue weighted by Gasteiger charge is 2.49. The van der Waals surface area contributed by atoms with E-state index in [0.29, 0.717) is 5.56 Å². The largest absolute Gasteiger partial charge is 0.487 e. The first-order valence-electron chi connectivity index (χ1n) is 6.97. The summed E-state index contributed by atoms with van der Waals surface area (Å²) in [7, 11) is 1.00. The van der Waals surface area contributed by atoms with Crippen molar-refractivity contribution in [3.63, 3.8) is 0 Å². The third kappa shape index (κ3) is 3.36. The number of ether oxygens (including phenoxy) is 1. The summed E-state index contributed by atoms with van der Waals surface area (Å²) in [4.78, 5) is 11.4. The highest BCUT2D eigenvalue weighted by Crippen LogP contribution is 2.36. The van der Waals surface area contributed by atoms with Gasteiger partial charge in [-0.3, -0.25) is 0 Å². The zero-order valence-electron chi connectivity index (χ0n) is 13.2. The smallest absolute Gasteiger partial charge is 0.465 e. The molecule has 0 saturated carbocycles. The van der Waals surface area contributed by atoms with Gasteiger partial charge in [-0.2, -0.15) is 0 Å². The molecule has 1 aromatic rings. The maximum atomic E-state index is 11.4. The van der Waals surface area contributed by atoms with E-state index in [4.69, 9.17) is 9.31 Å². The Morgan fingerprint density at radius 1 is 1.10 bits per heavy atom. The Labute approximate surface area is 126 Å². The number of hydrogen-bond acceptors (Lipinski definition) is 4. The van der Waals surface area contributed by atoms with Crippen molar-refractivity contribution in [3.8, 4) is 0 Å². The predicted molar refractivity (Wildman–Crippen MR) is 82.9 cm³/mol. The van der Waals surface area contributed by atoms with Crippen LogP contribution in [-0.2, 0) is 14.0 Å². The Bertz CT molecular complexity index is 530. The second-order valence-corrected chi connectivity index (χ2v) is 6.10. The normalized spacial score (nSPS) is 20.0. The molecule has 0 atom stereocenters. The molecule has 0 amide bonds. The molecule has 0 N–H and O–H groups in total. The first-order valence-corrected chi connectivity index (χ1v) is 6.97. The van der Waals surface area contributed by atoms with Gasteiger partial charge in [-0.15, -0.1) is 0 Å². The minimum Gasteiger partial charge on any atom is -0.465 e. The molecule has 0 aromatic heterocycles. The van der Waals surface area contributed by atoms with E-state index in [9.17, 15) is 4.79 Å². The van der Waals surface area contributed by atoms with Crippen molar-refractivity contribution in [2.24, 2.45) is 0 Å². The van der Waals surface area contributed by atoms with Crippen LogP contribution in [0.5, 0.6) is 0 Å². The standard InChI is InChI=1S/C16H21BO4/c1-15(2)16(3,4)21-17(20-15)11-10-12-6-8-13(9-7-12)14(18)19-5/h6-11H,1-5H3/b11-10-. The van der Waals surface area contributed by atoms with Gasteiger partial charge in [0, 0.05) is 0 Å². The fraction of sp³-hybridized carbons (Fsp3) is 0.438. The van der Waals surface area contributed by atoms with Crippen molar-refractivity contribution < 1.29 is 18.8 Å². The van der Waals surface area contributed by atoms with Gasteiger partial charge in [0.2, 0.25) is 0 Å². The van der Waals surface area contributed by atoms with Crippen LogP contribution >= 0.6 is 0 Å². The molecule has 1 aliphatic heterocycles. The average Bonchev–Trinajstić information content (AvgIpc) is 2.64. The Morgan fingerprint density at radius 2 is 1.62 bits per heavy atom. The third-order valence-electron chi connectivity index (χ3n) is 4.05. The summed E-state index contributed by atoms with van der Waals surface area (Å²) in [6, 6.07) is 7.17. The molecular weight excluding hydrogens is 267 g/mol. The quantitative estimate of drug-likeness (QED) is 0.633. The Hall–Kier alpha value is -1.59. The zero-order chi connectivity index (χ0) is 15.7. The van der Waals surface area contributed by atoms with Crippen LogP contribution in [0.15, 0.2) is 30.2 Å². The lowest BCUT2D eigenvalue weighted by molar-refractivity contribution is 0.00578. The van der Waals surface area contributed by atoms with Crippen molar-refractivity contribution in [2.75, 3.05) is 7.11 Å². The molecule has 0 unspecified atom stereocenters. The minimum atomic E-state index is -0.365. The van der Waals surface area contributed by atoms with Crippen LogP contribution < -0.4 is 0 Å². The lowest BCUT2D eigenvalue weighted by atomic mass is 9.89. The molecule has 0 aliphatic carbocycles. The fourth-order valence-electron chi connectivity index (χ4n) is 2.01. The molecule has 21 heavy (non-hydrogen) atoms. The maximum absolute atomic E-state index is 11.4. The van der Waals surface area contributed by atoms with E-state index in [-0.39, 0.29) is 24.3 Å². The van der Waals surface area contributed by atoms with E-state index in [1.54, 1.807) is 12.1 Å². The second-order valence-electron chi connectivity index (χ2n) is 6.10. The monoisotopic (exact) mass is 288 g/mol. The van der Waals surface area contributed by atoms with E-state index in [1.165, 1.54) is 7.11 Å². The number of carbonyl (C=O) groups is 1. The highest BCUT2D eigenvalue weighted by atomic mass is 16.7. The molecule has 5 heteroatoms. The van der Waals surface area contributed by atoms with Crippen LogP contribution in [0.1, 0.15) is 43.6 Å². The molecule has 0 spiro atoms. The van der Waals surface area contributed by atoms with Crippen LogP contribution in [0.4, 0.5) is 0 Å². The Morgan fingerprint density at radius 3 is 2.10 bits per heavy atom. The minimum absolute atomic E-state index is 0.337. The van der Waals surface area contributed by atoms with Crippen LogP contribution in [0, 0.1) is 0 Å². The topological polar surface area (TPSA) is 44.8 Å².